The molecule has 112 valence electrons. The summed E-state index contributed by atoms with van der Waals surface area (Å²) >= 11 is 0. The first kappa shape index (κ1) is 15.3. The molecule has 2 rings (SSSR count). The molecule has 0 unspecified atom stereocenters. The molecule has 0 bridgehead atoms. The number of nitrogens with one attached hydrogen (secondary N) is 1. The zero-order chi connectivity index (χ0) is 15.1. The first-order valence-corrected chi connectivity index (χ1v) is 7.22. The number of anilines is 2. The summed E-state index contributed by atoms with van der Waals surface area (Å²) in [5.74, 6) is 1.19. The highest BCUT2D eigenvalue weighted by atomic mass is 16.5. The lowest BCUT2D eigenvalue weighted by molar-refractivity contribution is 0.232. The molecule has 5 heteroatoms. The second kappa shape index (κ2) is 7.59. The summed E-state index contributed by atoms with van der Waals surface area (Å²) in [6.07, 6.45) is 5.34. The molecule has 0 amide bonds. The standard InChI is InChI=1S/C16H22N4O/c1-12(2)21-16-11-18-10-15(20-16)19-14-7-3-5-13(9-14)6-4-8-17/h3,5,7,9-12H,4,6,8,17H2,1-2H3,(H,19,20). The minimum Gasteiger partial charge on any atom is -0.474 e. The fourth-order valence-corrected chi connectivity index (χ4v) is 1.97. The van der Waals surface area contributed by atoms with Crippen molar-refractivity contribution < 1.29 is 4.74 Å². The number of benzene rings is 1. The molecular weight excluding hydrogens is 264 g/mol. The van der Waals surface area contributed by atoms with Crippen LogP contribution in [0.4, 0.5) is 11.5 Å². The molecule has 5 nitrogen and oxygen atoms in total. The summed E-state index contributed by atoms with van der Waals surface area (Å²) in [6, 6.07) is 8.23. The van der Waals surface area contributed by atoms with Crippen LogP contribution < -0.4 is 15.8 Å². The highest BCUT2D eigenvalue weighted by molar-refractivity contribution is 5.56. The van der Waals surface area contributed by atoms with Crippen molar-refractivity contribution in [1.82, 2.24) is 9.97 Å². The molecule has 21 heavy (non-hydrogen) atoms. The number of nitrogens with zero attached hydrogens (tertiary/aromatic N) is 2. The zero-order valence-corrected chi connectivity index (χ0v) is 12.5. The lowest BCUT2D eigenvalue weighted by atomic mass is 10.1. The maximum Gasteiger partial charge on any atom is 0.234 e. The van der Waals surface area contributed by atoms with Crippen LogP contribution in [-0.2, 0) is 6.42 Å². The molecule has 0 atom stereocenters. The molecule has 0 fully saturated rings. The third-order valence-corrected chi connectivity index (χ3v) is 2.84. The van der Waals surface area contributed by atoms with Gasteiger partial charge in [-0.3, -0.25) is 4.98 Å². The predicted octanol–water partition coefficient (Wildman–Crippen LogP) is 2.90. The highest BCUT2D eigenvalue weighted by Gasteiger charge is 2.03. The Bertz CT molecular complexity index is 572. The lowest BCUT2D eigenvalue weighted by Crippen LogP contribution is -2.08. The molecule has 2 aromatic rings. The lowest BCUT2D eigenvalue weighted by Gasteiger charge is -2.11. The van der Waals surface area contributed by atoms with Crippen LogP contribution in [0.5, 0.6) is 5.88 Å². The van der Waals surface area contributed by atoms with Crippen LogP contribution in [0.1, 0.15) is 25.8 Å². The maximum absolute atomic E-state index is 5.55. The van der Waals surface area contributed by atoms with Crippen LogP contribution in [0.15, 0.2) is 36.7 Å². The van der Waals surface area contributed by atoms with Crippen LogP contribution >= 0.6 is 0 Å². The minimum atomic E-state index is 0.0779. The maximum atomic E-state index is 5.55. The number of rotatable bonds is 7. The number of aromatic nitrogens is 2. The van der Waals surface area contributed by atoms with Crippen molar-refractivity contribution in [3.8, 4) is 5.88 Å². The Morgan fingerprint density at radius 2 is 2.14 bits per heavy atom. The molecule has 1 aromatic heterocycles. The summed E-state index contributed by atoms with van der Waals surface area (Å²) in [5.41, 5.74) is 7.79. The van der Waals surface area contributed by atoms with Crippen LogP contribution in [0, 0.1) is 0 Å². The van der Waals surface area contributed by atoms with Gasteiger partial charge in [0.05, 0.1) is 18.5 Å². The first-order chi connectivity index (χ1) is 10.2. The monoisotopic (exact) mass is 286 g/mol. The summed E-state index contributed by atoms with van der Waals surface area (Å²) < 4.78 is 5.54. The molecule has 1 aromatic carbocycles. The number of nitrogens with two attached hydrogens (primary N) is 1. The van der Waals surface area contributed by atoms with Crippen molar-refractivity contribution in [2.24, 2.45) is 5.73 Å². The fourth-order valence-electron chi connectivity index (χ4n) is 1.97. The molecule has 0 saturated heterocycles. The topological polar surface area (TPSA) is 73.1 Å². The van der Waals surface area contributed by atoms with E-state index in [1.165, 1.54) is 5.56 Å². The fraction of sp³-hybridized carbons (Fsp3) is 0.375. The van der Waals surface area contributed by atoms with E-state index in [2.05, 4.69) is 27.4 Å². The third kappa shape index (κ3) is 5.04. The van der Waals surface area contributed by atoms with E-state index in [4.69, 9.17) is 10.5 Å². The average molecular weight is 286 g/mol. The normalized spacial score (nSPS) is 10.7. The van der Waals surface area contributed by atoms with Crippen molar-refractivity contribution >= 4 is 11.5 Å². The van der Waals surface area contributed by atoms with Crippen LogP contribution in [0.25, 0.3) is 0 Å². The largest absolute Gasteiger partial charge is 0.474 e. The minimum absolute atomic E-state index is 0.0779. The molecule has 0 saturated carbocycles. The summed E-state index contributed by atoms with van der Waals surface area (Å²) in [6.45, 7) is 4.63. The summed E-state index contributed by atoms with van der Waals surface area (Å²) in [4.78, 5) is 8.52. The molecule has 0 spiro atoms. The van der Waals surface area contributed by atoms with E-state index >= 15 is 0 Å². The van der Waals surface area contributed by atoms with Gasteiger partial charge in [-0.15, -0.1) is 0 Å². The van der Waals surface area contributed by atoms with Crippen LogP contribution in [-0.4, -0.2) is 22.6 Å². The Balaban J connectivity index is 2.07. The number of hydrogen-bond acceptors (Lipinski definition) is 5. The summed E-state index contributed by atoms with van der Waals surface area (Å²) in [7, 11) is 0. The summed E-state index contributed by atoms with van der Waals surface area (Å²) in [5, 5.41) is 3.25. The van der Waals surface area contributed by atoms with E-state index in [1.807, 2.05) is 26.0 Å². The van der Waals surface area contributed by atoms with Gasteiger partial charge in [0, 0.05) is 5.69 Å². The van der Waals surface area contributed by atoms with Crippen molar-refractivity contribution in [3.63, 3.8) is 0 Å². The quantitative estimate of drug-likeness (QED) is 0.818. The van der Waals surface area contributed by atoms with E-state index in [0.717, 1.165) is 18.5 Å². The van der Waals surface area contributed by atoms with Gasteiger partial charge in [0.25, 0.3) is 0 Å². The Morgan fingerprint density at radius 3 is 2.90 bits per heavy atom. The van der Waals surface area contributed by atoms with Crippen LogP contribution in [0.3, 0.4) is 0 Å². The van der Waals surface area contributed by atoms with Gasteiger partial charge in [0.15, 0.2) is 5.82 Å². The second-order valence-corrected chi connectivity index (χ2v) is 5.13. The smallest absolute Gasteiger partial charge is 0.234 e. The Hall–Kier alpha value is -2.14. The van der Waals surface area contributed by atoms with E-state index in [0.29, 0.717) is 18.2 Å². The van der Waals surface area contributed by atoms with E-state index < -0.39 is 0 Å². The van der Waals surface area contributed by atoms with Crippen molar-refractivity contribution in [2.45, 2.75) is 32.8 Å². The van der Waals surface area contributed by atoms with E-state index in [9.17, 15) is 0 Å². The van der Waals surface area contributed by atoms with Crippen LogP contribution in [0.2, 0.25) is 0 Å². The Morgan fingerprint density at radius 1 is 1.29 bits per heavy atom. The Labute approximate surface area is 125 Å². The Kier molecular flexibility index (Phi) is 5.51. The zero-order valence-electron chi connectivity index (χ0n) is 12.5. The first-order valence-electron chi connectivity index (χ1n) is 7.22. The van der Waals surface area contributed by atoms with Crippen molar-refractivity contribution in [2.75, 3.05) is 11.9 Å². The predicted molar refractivity (Wildman–Crippen MR) is 84.9 cm³/mol. The van der Waals surface area contributed by atoms with Gasteiger partial charge in [-0.25, -0.2) is 0 Å². The number of hydrogen-bond donors (Lipinski definition) is 2. The van der Waals surface area contributed by atoms with Crippen molar-refractivity contribution in [3.05, 3.63) is 42.2 Å². The molecule has 0 aliphatic heterocycles. The number of ether oxygens (including phenoxy) is 1. The molecule has 0 radical (unpaired) electrons. The molecule has 1 heterocycles. The number of aryl methyl sites for hydroxylation is 1. The van der Waals surface area contributed by atoms with Gasteiger partial charge in [-0.05, 0) is 50.9 Å². The van der Waals surface area contributed by atoms with Crippen molar-refractivity contribution in [1.29, 1.82) is 0 Å². The second-order valence-electron chi connectivity index (χ2n) is 5.13. The molecule has 0 aliphatic carbocycles. The van der Waals surface area contributed by atoms with Gasteiger partial charge in [0.2, 0.25) is 5.88 Å². The highest BCUT2D eigenvalue weighted by Crippen LogP contribution is 2.18. The van der Waals surface area contributed by atoms with Gasteiger partial charge in [-0.1, -0.05) is 12.1 Å². The van der Waals surface area contributed by atoms with Gasteiger partial charge >= 0.3 is 0 Å². The SMILES string of the molecule is CC(C)Oc1cncc(Nc2cccc(CCCN)c2)n1. The average Bonchev–Trinajstić information content (AvgIpc) is 2.45. The van der Waals surface area contributed by atoms with E-state index in [-0.39, 0.29) is 6.10 Å². The molecular formula is C16H22N4O. The van der Waals surface area contributed by atoms with Gasteiger partial charge < -0.3 is 15.8 Å². The molecule has 3 N–H and O–H groups in total. The third-order valence-electron chi connectivity index (χ3n) is 2.84. The molecule has 0 aliphatic rings. The van der Waals surface area contributed by atoms with Gasteiger partial charge in [0.1, 0.15) is 0 Å². The van der Waals surface area contributed by atoms with E-state index in [1.54, 1.807) is 12.4 Å². The van der Waals surface area contributed by atoms with Gasteiger partial charge in [-0.2, -0.15) is 4.98 Å².